The summed E-state index contributed by atoms with van der Waals surface area (Å²) in [5.74, 6) is 3.42. The van der Waals surface area contributed by atoms with Gasteiger partial charge in [0.05, 0.1) is 16.8 Å². The quantitative estimate of drug-likeness (QED) is 0.896. The summed E-state index contributed by atoms with van der Waals surface area (Å²) in [4.78, 5) is 2.44. The number of nitrogens with zero attached hydrogens (tertiary/aromatic N) is 1. The molecule has 0 aromatic carbocycles. The molecule has 18 heavy (non-hydrogen) atoms. The Morgan fingerprint density at radius 3 is 3.11 bits per heavy atom. The maximum atomic E-state index is 5.68. The number of furan rings is 1. The minimum absolute atomic E-state index is 0.270. The maximum Gasteiger partial charge on any atom is 0.136 e. The Bertz CT molecular complexity index is 372. The molecule has 0 saturated carbocycles. The van der Waals surface area contributed by atoms with Gasteiger partial charge in [-0.15, -0.1) is 0 Å². The molecule has 0 aliphatic carbocycles. The fourth-order valence-electron chi connectivity index (χ4n) is 2.29. The van der Waals surface area contributed by atoms with Crippen LogP contribution < -0.4 is 5.32 Å². The van der Waals surface area contributed by atoms with Crippen molar-refractivity contribution in [2.75, 3.05) is 31.6 Å². The van der Waals surface area contributed by atoms with Gasteiger partial charge in [0, 0.05) is 24.1 Å². The van der Waals surface area contributed by atoms with E-state index in [4.69, 9.17) is 4.42 Å². The maximum absolute atomic E-state index is 5.68. The fraction of sp³-hybridized carbons (Fsp3) is 0.692. The summed E-state index contributed by atoms with van der Waals surface area (Å²) in [7, 11) is 2.21. The summed E-state index contributed by atoms with van der Waals surface area (Å²) in [5.41, 5.74) is 0. The lowest BCUT2D eigenvalue weighted by molar-refractivity contribution is 0.199. The first kappa shape index (κ1) is 14.4. The second-order valence-electron chi connectivity index (χ2n) is 4.69. The standard InChI is InChI=1S/C13H21BrN2OS/c1-3-5-15-12(13-10(14)4-7-17-13)11-9-18-8-6-16(11)2/h4,7,11-12,15H,3,5-6,8-9H2,1-2H3. The summed E-state index contributed by atoms with van der Waals surface area (Å²) < 4.78 is 6.75. The molecular weight excluding hydrogens is 312 g/mol. The third-order valence-electron chi connectivity index (χ3n) is 3.37. The zero-order valence-corrected chi connectivity index (χ0v) is 13.4. The van der Waals surface area contributed by atoms with Gasteiger partial charge in [-0.05, 0) is 42.0 Å². The van der Waals surface area contributed by atoms with Gasteiger partial charge in [-0.2, -0.15) is 11.8 Å². The van der Waals surface area contributed by atoms with Crippen molar-refractivity contribution in [1.82, 2.24) is 10.2 Å². The van der Waals surface area contributed by atoms with Crippen LogP contribution in [0.5, 0.6) is 0 Å². The van der Waals surface area contributed by atoms with Gasteiger partial charge >= 0.3 is 0 Å². The van der Waals surface area contributed by atoms with E-state index in [1.54, 1.807) is 6.26 Å². The predicted octanol–water partition coefficient (Wildman–Crippen LogP) is 3.13. The van der Waals surface area contributed by atoms with Crippen molar-refractivity contribution in [2.24, 2.45) is 0 Å². The average molecular weight is 333 g/mol. The molecule has 0 bridgehead atoms. The number of nitrogens with one attached hydrogen (secondary N) is 1. The Labute approximate surface area is 122 Å². The second-order valence-corrected chi connectivity index (χ2v) is 6.69. The van der Waals surface area contributed by atoms with Gasteiger partial charge in [0.15, 0.2) is 0 Å². The summed E-state index contributed by atoms with van der Waals surface area (Å²) in [5, 5.41) is 3.63. The van der Waals surface area contributed by atoms with E-state index in [9.17, 15) is 0 Å². The molecule has 2 atom stereocenters. The highest BCUT2D eigenvalue weighted by atomic mass is 79.9. The van der Waals surface area contributed by atoms with Crippen LogP contribution in [-0.4, -0.2) is 42.6 Å². The van der Waals surface area contributed by atoms with E-state index in [-0.39, 0.29) is 6.04 Å². The monoisotopic (exact) mass is 332 g/mol. The number of halogens is 1. The molecule has 102 valence electrons. The molecule has 1 aromatic rings. The van der Waals surface area contributed by atoms with Crippen molar-refractivity contribution in [3.63, 3.8) is 0 Å². The van der Waals surface area contributed by atoms with E-state index in [0.717, 1.165) is 35.5 Å². The minimum Gasteiger partial charge on any atom is -0.466 e. The molecule has 1 N–H and O–H groups in total. The SMILES string of the molecule is CCCNC(c1occc1Br)C1CSCCN1C. The smallest absolute Gasteiger partial charge is 0.136 e. The number of likely N-dealkylation sites (N-methyl/N-ethyl adjacent to an activating group) is 1. The molecule has 0 radical (unpaired) electrons. The van der Waals surface area contributed by atoms with E-state index >= 15 is 0 Å². The van der Waals surface area contributed by atoms with Crippen molar-refractivity contribution in [3.8, 4) is 0 Å². The molecular formula is C13H21BrN2OS. The number of thioether (sulfide) groups is 1. The Kier molecular flexibility index (Phi) is 5.60. The molecule has 0 spiro atoms. The highest BCUT2D eigenvalue weighted by Crippen LogP contribution is 2.31. The van der Waals surface area contributed by atoms with Crippen molar-refractivity contribution in [1.29, 1.82) is 0 Å². The van der Waals surface area contributed by atoms with E-state index in [2.05, 4.69) is 40.1 Å². The average Bonchev–Trinajstić information content (AvgIpc) is 2.78. The Morgan fingerprint density at radius 2 is 2.50 bits per heavy atom. The molecule has 3 nitrogen and oxygen atoms in total. The summed E-state index contributed by atoms with van der Waals surface area (Å²) in [6.07, 6.45) is 2.90. The van der Waals surface area contributed by atoms with Crippen molar-refractivity contribution >= 4 is 27.7 Å². The van der Waals surface area contributed by atoms with Crippen LogP contribution in [0.4, 0.5) is 0 Å². The molecule has 1 saturated heterocycles. The lowest BCUT2D eigenvalue weighted by atomic mass is 10.1. The van der Waals surface area contributed by atoms with Gasteiger partial charge in [0.2, 0.25) is 0 Å². The van der Waals surface area contributed by atoms with Crippen LogP contribution in [0.1, 0.15) is 25.1 Å². The largest absolute Gasteiger partial charge is 0.466 e. The number of rotatable bonds is 5. The topological polar surface area (TPSA) is 28.4 Å². The van der Waals surface area contributed by atoms with Gasteiger partial charge in [-0.1, -0.05) is 6.92 Å². The molecule has 2 heterocycles. The summed E-state index contributed by atoms with van der Waals surface area (Å²) in [6.45, 7) is 4.37. The van der Waals surface area contributed by atoms with E-state index < -0.39 is 0 Å². The lowest BCUT2D eigenvalue weighted by Gasteiger charge is -2.37. The molecule has 1 aliphatic rings. The Hall–Kier alpha value is 0.0300. The summed E-state index contributed by atoms with van der Waals surface area (Å²) in [6, 6.07) is 2.75. The minimum atomic E-state index is 0.270. The lowest BCUT2D eigenvalue weighted by Crippen LogP contribution is -2.48. The molecule has 2 unspecified atom stereocenters. The molecule has 0 amide bonds. The predicted molar refractivity (Wildman–Crippen MR) is 81.2 cm³/mol. The molecule has 1 aromatic heterocycles. The van der Waals surface area contributed by atoms with Crippen LogP contribution in [0.25, 0.3) is 0 Å². The number of hydrogen-bond donors (Lipinski definition) is 1. The second kappa shape index (κ2) is 6.98. The van der Waals surface area contributed by atoms with E-state index in [0.29, 0.717) is 6.04 Å². The van der Waals surface area contributed by atoms with Crippen molar-refractivity contribution in [2.45, 2.75) is 25.4 Å². The zero-order chi connectivity index (χ0) is 13.0. The Morgan fingerprint density at radius 1 is 1.67 bits per heavy atom. The normalized spacial score (nSPS) is 23.2. The highest BCUT2D eigenvalue weighted by Gasteiger charge is 2.31. The first-order valence-corrected chi connectivity index (χ1v) is 8.43. The van der Waals surface area contributed by atoms with Gasteiger partial charge in [0.1, 0.15) is 5.76 Å². The Balaban J connectivity index is 2.16. The number of hydrogen-bond acceptors (Lipinski definition) is 4. The zero-order valence-electron chi connectivity index (χ0n) is 11.0. The van der Waals surface area contributed by atoms with Gasteiger partial charge < -0.3 is 9.73 Å². The van der Waals surface area contributed by atoms with Crippen LogP contribution in [0.2, 0.25) is 0 Å². The van der Waals surface area contributed by atoms with Gasteiger partial charge in [0.25, 0.3) is 0 Å². The van der Waals surface area contributed by atoms with Gasteiger partial charge in [-0.25, -0.2) is 0 Å². The van der Waals surface area contributed by atoms with Crippen LogP contribution in [0, 0.1) is 0 Å². The van der Waals surface area contributed by atoms with Crippen LogP contribution in [0.15, 0.2) is 21.2 Å². The fourth-order valence-corrected chi connectivity index (χ4v) is 4.01. The van der Waals surface area contributed by atoms with E-state index in [1.165, 1.54) is 5.75 Å². The summed E-state index contributed by atoms with van der Waals surface area (Å²) >= 11 is 5.62. The first-order chi connectivity index (χ1) is 8.74. The van der Waals surface area contributed by atoms with E-state index in [1.807, 2.05) is 17.8 Å². The first-order valence-electron chi connectivity index (χ1n) is 6.48. The third-order valence-corrected chi connectivity index (χ3v) is 5.07. The highest BCUT2D eigenvalue weighted by molar-refractivity contribution is 9.10. The molecule has 1 fully saturated rings. The molecule has 2 rings (SSSR count). The van der Waals surface area contributed by atoms with Crippen LogP contribution in [-0.2, 0) is 0 Å². The molecule has 5 heteroatoms. The van der Waals surface area contributed by atoms with Crippen LogP contribution in [0.3, 0.4) is 0 Å². The third kappa shape index (κ3) is 3.32. The van der Waals surface area contributed by atoms with Crippen molar-refractivity contribution in [3.05, 3.63) is 22.6 Å². The van der Waals surface area contributed by atoms with Crippen LogP contribution >= 0.6 is 27.7 Å². The van der Waals surface area contributed by atoms with Crippen molar-refractivity contribution < 1.29 is 4.42 Å². The molecule has 1 aliphatic heterocycles. The van der Waals surface area contributed by atoms with Gasteiger partial charge in [-0.3, -0.25) is 4.90 Å².